The van der Waals surface area contributed by atoms with E-state index < -0.39 is 0 Å². The molecule has 84 valence electrons. The first-order valence-corrected chi connectivity index (χ1v) is 6.05. The van der Waals surface area contributed by atoms with Crippen LogP contribution in [-0.4, -0.2) is 0 Å². The van der Waals surface area contributed by atoms with E-state index in [9.17, 15) is 0 Å². The van der Waals surface area contributed by atoms with Crippen molar-refractivity contribution in [1.82, 2.24) is 0 Å². The maximum Gasteiger partial charge on any atom is -0.0313 e. The summed E-state index contributed by atoms with van der Waals surface area (Å²) in [6.07, 6.45) is 23.1. The lowest BCUT2D eigenvalue weighted by atomic mass is 10.2. The van der Waals surface area contributed by atoms with Crippen LogP contribution in [0, 0.1) is 0 Å². The third-order valence-corrected chi connectivity index (χ3v) is 1.96. The highest BCUT2D eigenvalue weighted by atomic mass is 13.8. The van der Waals surface area contributed by atoms with Crippen LogP contribution in [-0.2, 0) is 0 Å². The fraction of sp³-hybridized carbons (Fsp3) is 0.467. The standard InChI is InChI=1S/C15H24/c1-3-5-7-9-11-13-15-14-12-10-8-6-4-2/h5,7-8,10,12-15H,3-4,6,9,11H2,1-2H3. The minimum Gasteiger partial charge on any atom is -0.0888 e. The van der Waals surface area contributed by atoms with Gasteiger partial charge in [0.1, 0.15) is 0 Å². The Hall–Kier alpha value is -1.04. The van der Waals surface area contributed by atoms with Gasteiger partial charge in [0.05, 0.1) is 0 Å². The topological polar surface area (TPSA) is 0 Å². The lowest BCUT2D eigenvalue weighted by molar-refractivity contribution is 0.959. The summed E-state index contributed by atoms with van der Waals surface area (Å²) in [5, 5.41) is 0. The van der Waals surface area contributed by atoms with E-state index in [0.717, 1.165) is 19.3 Å². The molecule has 0 heterocycles. The third-order valence-electron chi connectivity index (χ3n) is 1.96. The minimum absolute atomic E-state index is 1.14. The van der Waals surface area contributed by atoms with Gasteiger partial charge in [-0.05, 0) is 25.7 Å². The van der Waals surface area contributed by atoms with Crippen LogP contribution in [0.2, 0.25) is 0 Å². The zero-order valence-electron chi connectivity index (χ0n) is 10.2. The summed E-state index contributed by atoms with van der Waals surface area (Å²) in [5.41, 5.74) is 0. The lowest BCUT2D eigenvalue weighted by Crippen LogP contribution is -1.64. The molecule has 0 spiro atoms. The fourth-order valence-corrected chi connectivity index (χ4v) is 1.12. The van der Waals surface area contributed by atoms with Gasteiger partial charge < -0.3 is 0 Å². The molecule has 0 N–H and O–H groups in total. The van der Waals surface area contributed by atoms with Gasteiger partial charge in [0.25, 0.3) is 0 Å². The fourth-order valence-electron chi connectivity index (χ4n) is 1.12. The molecule has 0 bridgehead atoms. The summed E-state index contributed by atoms with van der Waals surface area (Å²) >= 11 is 0. The van der Waals surface area contributed by atoms with Crippen molar-refractivity contribution < 1.29 is 0 Å². The molecule has 0 saturated heterocycles. The van der Waals surface area contributed by atoms with Crippen molar-refractivity contribution in [1.29, 1.82) is 0 Å². The number of allylic oxidation sites excluding steroid dienone is 8. The second-order valence-electron chi connectivity index (χ2n) is 3.49. The van der Waals surface area contributed by atoms with Gasteiger partial charge in [-0.25, -0.2) is 0 Å². The van der Waals surface area contributed by atoms with Crippen LogP contribution < -0.4 is 0 Å². The summed E-state index contributed by atoms with van der Waals surface area (Å²) in [4.78, 5) is 0. The molecule has 0 heteroatoms. The average Bonchev–Trinajstić information content (AvgIpc) is 2.26. The molecular weight excluding hydrogens is 180 g/mol. The van der Waals surface area contributed by atoms with E-state index in [0.29, 0.717) is 0 Å². The molecule has 0 atom stereocenters. The summed E-state index contributed by atoms with van der Waals surface area (Å²) < 4.78 is 0. The van der Waals surface area contributed by atoms with E-state index in [2.05, 4.69) is 62.5 Å². The zero-order chi connectivity index (χ0) is 11.2. The van der Waals surface area contributed by atoms with Crippen LogP contribution in [0.15, 0.2) is 48.6 Å². The van der Waals surface area contributed by atoms with Gasteiger partial charge in [-0.2, -0.15) is 0 Å². The maximum absolute atomic E-state index is 2.25. The minimum atomic E-state index is 1.14. The van der Waals surface area contributed by atoms with Crippen LogP contribution in [0.4, 0.5) is 0 Å². The predicted octanol–water partition coefficient (Wildman–Crippen LogP) is 5.20. The highest BCUT2D eigenvalue weighted by molar-refractivity contribution is 5.11. The molecule has 15 heavy (non-hydrogen) atoms. The molecule has 0 nitrogen and oxygen atoms in total. The van der Waals surface area contributed by atoms with Crippen molar-refractivity contribution in [2.45, 2.75) is 46.0 Å². The summed E-state index contributed by atoms with van der Waals surface area (Å²) in [6.45, 7) is 4.36. The largest absolute Gasteiger partial charge is 0.0888 e. The SMILES string of the molecule is CCC=CCCC=CC=CC=CCCC. The smallest absolute Gasteiger partial charge is 0.0313 e. The molecule has 0 fully saturated rings. The molecule has 0 aromatic rings. The molecule has 0 rings (SSSR count). The molecule has 0 amide bonds. The van der Waals surface area contributed by atoms with Gasteiger partial charge in [-0.3, -0.25) is 0 Å². The van der Waals surface area contributed by atoms with Crippen molar-refractivity contribution in [3.8, 4) is 0 Å². The first-order chi connectivity index (χ1) is 7.41. The Labute approximate surface area is 95.1 Å². The third kappa shape index (κ3) is 13.0. The quantitative estimate of drug-likeness (QED) is 0.289. The van der Waals surface area contributed by atoms with E-state index in [4.69, 9.17) is 0 Å². The second kappa shape index (κ2) is 13.0. The van der Waals surface area contributed by atoms with E-state index in [1.165, 1.54) is 12.8 Å². The summed E-state index contributed by atoms with van der Waals surface area (Å²) in [7, 11) is 0. The van der Waals surface area contributed by atoms with Gasteiger partial charge >= 0.3 is 0 Å². The number of hydrogen-bond donors (Lipinski definition) is 0. The number of unbranched alkanes of at least 4 members (excludes halogenated alkanes) is 2. The predicted molar refractivity (Wildman–Crippen MR) is 71.0 cm³/mol. The first kappa shape index (κ1) is 14.0. The van der Waals surface area contributed by atoms with E-state index >= 15 is 0 Å². The van der Waals surface area contributed by atoms with E-state index in [-0.39, 0.29) is 0 Å². The van der Waals surface area contributed by atoms with E-state index in [1.807, 2.05) is 0 Å². The molecule has 0 aliphatic carbocycles. The van der Waals surface area contributed by atoms with E-state index in [1.54, 1.807) is 0 Å². The molecule has 0 saturated carbocycles. The van der Waals surface area contributed by atoms with Crippen molar-refractivity contribution in [3.05, 3.63) is 48.6 Å². The maximum atomic E-state index is 2.25. The monoisotopic (exact) mass is 204 g/mol. The number of hydrogen-bond acceptors (Lipinski definition) is 0. The molecule has 0 aliphatic heterocycles. The zero-order valence-corrected chi connectivity index (χ0v) is 10.2. The second-order valence-corrected chi connectivity index (χ2v) is 3.49. The lowest BCUT2D eigenvalue weighted by Gasteiger charge is -1.84. The Kier molecular flexibility index (Phi) is 12.1. The van der Waals surface area contributed by atoms with Gasteiger partial charge in [0, 0.05) is 0 Å². The van der Waals surface area contributed by atoms with Crippen LogP contribution >= 0.6 is 0 Å². The van der Waals surface area contributed by atoms with Crippen molar-refractivity contribution in [2.75, 3.05) is 0 Å². The molecule has 0 aliphatic rings. The van der Waals surface area contributed by atoms with Crippen LogP contribution in [0.25, 0.3) is 0 Å². The molecule has 0 aromatic carbocycles. The molecule has 0 aromatic heterocycles. The Morgan fingerprint density at radius 3 is 1.80 bits per heavy atom. The van der Waals surface area contributed by atoms with Crippen LogP contribution in [0.5, 0.6) is 0 Å². The van der Waals surface area contributed by atoms with Crippen molar-refractivity contribution in [3.63, 3.8) is 0 Å². The molecule has 0 radical (unpaired) electrons. The molecular formula is C15H24. The highest BCUT2D eigenvalue weighted by Gasteiger charge is 1.74. The average molecular weight is 204 g/mol. The van der Waals surface area contributed by atoms with Gasteiger partial charge in [-0.1, -0.05) is 68.9 Å². The Balaban J connectivity index is 3.41. The van der Waals surface area contributed by atoms with Crippen molar-refractivity contribution in [2.24, 2.45) is 0 Å². The first-order valence-electron chi connectivity index (χ1n) is 6.05. The Morgan fingerprint density at radius 2 is 1.20 bits per heavy atom. The van der Waals surface area contributed by atoms with Crippen LogP contribution in [0.3, 0.4) is 0 Å². The Bertz CT molecular complexity index is 216. The summed E-state index contributed by atoms with van der Waals surface area (Å²) in [5.74, 6) is 0. The number of rotatable bonds is 8. The van der Waals surface area contributed by atoms with Crippen molar-refractivity contribution >= 4 is 0 Å². The van der Waals surface area contributed by atoms with Gasteiger partial charge in [-0.15, -0.1) is 0 Å². The molecule has 0 unspecified atom stereocenters. The van der Waals surface area contributed by atoms with Gasteiger partial charge in [0.15, 0.2) is 0 Å². The summed E-state index contributed by atoms with van der Waals surface area (Å²) in [6, 6.07) is 0. The normalized spacial score (nSPS) is 12.9. The van der Waals surface area contributed by atoms with Crippen LogP contribution in [0.1, 0.15) is 46.0 Å². The van der Waals surface area contributed by atoms with Gasteiger partial charge in [0.2, 0.25) is 0 Å². The Morgan fingerprint density at radius 1 is 0.600 bits per heavy atom. The highest BCUT2D eigenvalue weighted by Crippen LogP contribution is 1.95.